The quantitative estimate of drug-likeness (QED) is 0.783. The van der Waals surface area contributed by atoms with E-state index in [9.17, 15) is 9.59 Å². The van der Waals surface area contributed by atoms with Crippen molar-refractivity contribution >= 4 is 17.9 Å². The van der Waals surface area contributed by atoms with Crippen LogP contribution in [0.25, 0.3) is 6.08 Å². The number of nitriles is 1. The minimum absolute atomic E-state index is 0.0986. The first kappa shape index (κ1) is 12.8. The molecule has 1 saturated heterocycles. The van der Waals surface area contributed by atoms with Crippen LogP contribution < -0.4 is 5.32 Å². The van der Waals surface area contributed by atoms with Crippen molar-refractivity contribution < 1.29 is 9.59 Å². The number of benzene rings is 1. The number of hydrogen-bond donors (Lipinski definition) is 1. The summed E-state index contributed by atoms with van der Waals surface area (Å²) in [6.45, 7) is 1.11. The Morgan fingerprint density at radius 2 is 2.32 bits per heavy atom. The van der Waals surface area contributed by atoms with Gasteiger partial charge in [0, 0.05) is 19.2 Å². The summed E-state index contributed by atoms with van der Waals surface area (Å²) in [5.41, 5.74) is 1.33. The molecule has 0 bridgehead atoms. The van der Waals surface area contributed by atoms with Gasteiger partial charge in [-0.2, -0.15) is 5.26 Å². The average molecular weight is 255 g/mol. The monoisotopic (exact) mass is 255 g/mol. The van der Waals surface area contributed by atoms with Crippen molar-refractivity contribution in [2.45, 2.75) is 0 Å². The molecule has 0 atom stereocenters. The third-order valence-electron chi connectivity index (χ3n) is 2.78. The number of nitrogens with zero attached hydrogens (tertiary/aromatic N) is 2. The van der Waals surface area contributed by atoms with E-state index in [0.717, 1.165) is 5.56 Å². The van der Waals surface area contributed by atoms with Gasteiger partial charge in [-0.1, -0.05) is 12.1 Å². The van der Waals surface area contributed by atoms with Crippen molar-refractivity contribution in [1.29, 1.82) is 5.26 Å². The molecule has 0 spiro atoms. The molecule has 0 aromatic heterocycles. The fraction of sp³-hybridized carbons (Fsp3) is 0.214. The van der Waals surface area contributed by atoms with Crippen LogP contribution in [-0.2, 0) is 9.59 Å². The molecule has 19 heavy (non-hydrogen) atoms. The van der Waals surface area contributed by atoms with Gasteiger partial charge in [-0.3, -0.25) is 9.59 Å². The van der Waals surface area contributed by atoms with E-state index in [2.05, 4.69) is 5.32 Å². The maximum Gasteiger partial charge on any atom is 0.247 e. The molecule has 1 aliphatic heterocycles. The molecule has 0 radical (unpaired) electrons. The number of piperazine rings is 1. The first-order valence-corrected chi connectivity index (χ1v) is 5.93. The van der Waals surface area contributed by atoms with Gasteiger partial charge in [-0.25, -0.2) is 0 Å². The summed E-state index contributed by atoms with van der Waals surface area (Å²) >= 11 is 0. The van der Waals surface area contributed by atoms with Gasteiger partial charge in [-0.05, 0) is 23.8 Å². The zero-order chi connectivity index (χ0) is 13.7. The molecule has 1 aromatic rings. The molecule has 5 nitrogen and oxygen atoms in total. The maximum absolute atomic E-state index is 11.9. The summed E-state index contributed by atoms with van der Waals surface area (Å²) in [7, 11) is 0. The van der Waals surface area contributed by atoms with Crippen LogP contribution in [0.5, 0.6) is 0 Å². The molecule has 1 heterocycles. The zero-order valence-electron chi connectivity index (χ0n) is 10.3. The number of amides is 2. The Morgan fingerprint density at radius 1 is 1.47 bits per heavy atom. The van der Waals surface area contributed by atoms with Gasteiger partial charge in [0.1, 0.15) is 0 Å². The molecule has 0 aliphatic carbocycles. The van der Waals surface area contributed by atoms with E-state index in [1.165, 1.54) is 11.0 Å². The predicted molar refractivity (Wildman–Crippen MR) is 69.8 cm³/mol. The van der Waals surface area contributed by atoms with Crippen molar-refractivity contribution in [2.75, 3.05) is 19.6 Å². The molecule has 0 unspecified atom stereocenters. The predicted octanol–water partition coefficient (Wildman–Crippen LogP) is 0.530. The van der Waals surface area contributed by atoms with E-state index in [0.29, 0.717) is 18.7 Å². The SMILES string of the molecule is N#Cc1cccc(/C=C/C(=O)N2CCNC(=O)C2)c1. The second-order valence-electron chi connectivity index (χ2n) is 4.18. The maximum atomic E-state index is 11.9. The molecule has 1 N–H and O–H groups in total. The molecule has 2 amide bonds. The normalized spacial score (nSPS) is 15.1. The highest BCUT2D eigenvalue weighted by Gasteiger charge is 2.18. The number of nitrogens with one attached hydrogen (secondary N) is 1. The molecule has 96 valence electrons. The van der Waals surface area contributed by atoms with Gasteiger partial charge in [0.2, 0.25) is 11.8 Å². The third kappa shape index (κ3) is 3.42. The van der Waals surface area contributed by atoms with Crippen molar-refractivity contribution in [3.05, 3.63) is 41.5 Å². The summed E-state index contributed by atoms with van der Waals surface area (Å²) in [6, 6.07) is 9.02. The van der Waals surface area contributed by atoms with Crippen LogP contribution in [0, 0.1) is 11.3 Å². The third-order valence-corrected chi connectivity index (χ3v) is 2.78. The minimum atomic E-state index is -0.197. The smallest absolute Gasteiger partial charge is 0.247 e. The molecule has 0 saturated carbocycles. The Hall–Kier alpha value is -2.61. The standard InChI is InChI=1S/C14H13N3O2/c15-9-12-3-1-2-11(8-12)4-5-14(19)17-7-6-16-13(18)10-17/h1-5,8H,6-7,10H2,(H,16,18)/b5-4+. The number of rotatable bonds is 2. The first-order chi connectivity index (χ1) is 9.19. The zero-order valence-corrected chi connectivity index (χ0v) is 10.3. The van der Waals surface area contributed by atoms with Crippen LogP contribution in [0.15, 0.2) is 30.3 Å². The van der Waals surface area contributed by atoms with Crippen molar-refractivity contribution in [1.82, 2.24) is 10.2 Å². The lowest BCUT2D eigenvalue weighted by Gasteiger charge is -2.25. The van der Waals surface area contributed by atoms with Gasteiger partial charge < -0.3 is 10.2 Å². The molecular weight excluding hydrogens is 242 g/mol. The second kappa shape index (κ2) is 5.83. The summed E-state index contributed by atoms with van der Waals surface area (Å²) in [4.78, 5) is 24.5. The Kier molecular flexibility index (Phi) is 3.94. The fourth-order valence-electron chi connectivity index (χ4n) is 1.81. The van der Waals surface area contributed by atoms with Crippen LogP contribution in [0.2, 0.25) is 0 Å². The largest absolute Gasteiger partial charge is 0.353 e. The van der Waals surface area contributed by atoms with Gasteiger partial charge in [0.25, 0.3) is 0 Å². The van der Waals surface area contributed by atoms with Crippen LogP contribution in [0.1, 0.15) is 11.1 Å². The minimum Gasteiger partial charge on any atom is -0.353 e. The Morgan fingerprint density at radius 3 is 3.05 bits per heavy atom. The summed E-state index contributed by atoms with van der Waals surface area (Å²) < 4.78 is 0. The Bertz CT molecular complexity index is 572. The van der Waals surface area contributed by atoms with Gasteiger partial charge in [-0.15, -0.1) is 0 Å². The summed E-state index contributed by atoms with van der Waals surface area (Å²) in [5.74, 6) is -0.336. The van der Waals surface area contributed by atoms with Gasteiger partial charge >= 0.3 is 0 Å². The lowest BCUT2D eigenvalue weighted by Crippen LogP contribution is -2.49. The van der Waals surface area contributed by atoms with Crippen LogP contribution in [0.3, 0.4) is 0 Å². The Balaban J connectivity index is 2.03. The van der Waals surface area contributed by atoms with Crippen molar-refractivity contribution in [3.8, 4) is 6.07 Å². The summed E-state index contributed by atoms with van der Waals surface area (Å²) in [6.07, 6.45) is 3.07. The average Bonchev–Trinajstić information content (AvgIpc) is 2.45. The molecular formula is C14H13N3O2. The highest BCUT2D eigenvalue weighted by atomic mass is 16.2. The Labute approximate surface area is 111 Å². The number of carbonyl (C=O) groups excluding carboxylic acids is 2. The van der Waals surface area contributed by atoms with Crippen molar-refractivity contribution in [2.24, 2.45) is 0 Å². The number of hydrogen-bond acceptors (Lipinski definition) is 3. The topological polar surface area (TPSA) is 73.2 Å². The van der Waals surface area contributed by atoms with Crippen molar-refractivity contribution in [3.63, 3.8) is 0 Å². The molecule has 5 heteroatoms. The van der Waals surface area contributed by atoms with E-state index < -0.39 is 0 Å². The molecule has 1 aliphatic rings. The highest BCUT2D eigenvalue weighted by Crippen LogP contribution is 2.07. The first-order valence-electron chi connectivity index (χ1n) is 5.93. The number of carbonyl (C=O) groups is 2. The van der Waals surface area contributed by atoms with Crippen LogP contribution in [0.4, 0.5) is 0 Å². The second-order valence-corrected chi connectivity index (χ2v) is 4.18. The molecule has 1 fully saturated rings. The molecule has 1 aromatic carbocycles. The van der Waals surface area contributed by atoms with E-state index in [1.54, 1.807) is 24.3 Å². The molecule has 2 rings (SSSR count). The fourth-order valence-corrected chi connectivity index (χ4v) is 1.81. The van der Waals surface area contributed by atoms with Crippen LogP contribution >= 0.6 is 0 Å². The van der Waals surface area contributed by atoms with E-state index in [4.69, 9.17) is 5.26 Å². The van der Waals surface area contributed by atoms with E-state index >= 15 is 0 Å². The highest BCUT2D eigenvalue weighted by molar-refractivity contribution is 5.95. The lowest BCUT2D eigenvalue weighted by molar-refractivity contribution is -0.134. The van der Waals surface area contributed by atoms with E-state index in [-0.39, 0.29) is 18.4 Å². The van der Waals surface area contributed by atoms with Gasteiger partial charge in [0.05, 0.1) is 18.2 Å². The lowest BCUT2D eigenvalue weighted by atomic mass is 10.1. The van der Waals surface area contributed by atoms with Gasteiger partial charge in [0.15, 0.2) is 0 Å². The van der Waals surface area contributed by atoms with Crippen LogP contribution in [-0.4, -0.2) is 36.3 Å². The van der Waals surface area contributed by atoms with E-state index in [1.807, 2.05) is 12.1 Å². The summed E-state index contributed by atoms with van der Waals surface area (Å²) in [5, 5.41) is 11.4.